The molecule has 0 amide bonds. The Bertz CT molecular complexity index is 115. The maximum atomic E-state index is 8.48. The fourth-order valence-corrected chi connectivity index (χ4v) is 1.72. The molecular weight excluding hydrogens is 151 g/mol. The molecule has 1 nitrogen and oxygen atoms in total. The van der Waals surface area contributed by atoms with E-state index in [-0.39, 0.29) is 22.4 Å². The van der Waals surface area contributed by atoms with Crippen molar-refractivity contribution in [1.29, 1.82) is 0 Å². The first kappa shape index (κ1) is 5.14. The molecule has 2 heteroatoms. The number of hydrogen-bond donors (Lipinski definition) is 1. The Hall–Kier alpha value is -0.00156. The Morgan fingerprint density at radius 1 is 1.71 bits per heavy atom. The second-order valence-electron chi connectivity index (χ2n) is 1.29. The van der Waals surface area contributed by atoms with Crippen molar-refractivity contribution in [2.75, 3.05) is 6.61 Å². The van der Waals surface area contributed by atoms with Crippen molar-refractivity contribution < 1.29 is 5.11 Å². The fraction of sp³-hybridized carbons (Fsp3) is 0.200. The average Bonchev–Trinajstić information content (AvgIpc) is 2.14. The summed E-state index contributed by atoms with van der Waals surface area (Å²) in [6.07, 6.45) is 3.99. The van der Waals surface area contributed by atoms with Gasteiger partial charge in [-0.1, -0.05) is 0 Å². The van der Waals surface area contributed by atoms with Gasteiger partial charge in [0.05, 0.1) is 0 Å². The van der Waals surface area contributed by atoms with Crippen LogP contribution in [0.25, 0.3) is 0 Å². The van der Waals surface area contributed by atoms with Gasteiger partial charge in [0.2, 0.25) is 0 Å². The van der Waals surface area contributed by atoms with Crippen LogP contribution in [0.1, 0.15) is 0 Å². The summed E-state index contributed by atoms with van der Waals surface area (Å²) in [4.78, 5) is 2.13. The quantitative estimate of drug-likeness (QED) is 0.535. The molecule has 0 aromatic rings. The van der Waals surface area contributed by atoms with E-state index < -0.39 is 0 Å². The van der Waals surface area contributed by atoms with E-state index >= 15 is 0 Å². The number of rotatable bonds is 1. The van der Waals surface area contributed by atoms with Gasteiger partial charge in [-0.25, -0.2) is 0 Å². The second kappa shape index (κ2) is 2.34. The Kier molecular flexibility index (Phi) is 1.72. The maximum absolute atomic E-state index is 8.48. The predicted octanol–water partition coefficient (Wildman–Crippen LogP) is 0.0941. The van der Waals surface area contributed by atoms with Gasteiger partial charge in [-0.2, -0.15) is 0 Å². The van der Waals surface area contributed by atoms with Crippen molar-refractivity contribution in [3.05, 3.63) is 21.4 Å². The first-order chi connectivity index (χ1) is 3.43. The van der Waals surface area contributed by atoms with Gasteiger partial charge in [0.1, 0.15) is 0 Å². The van der Waals surface area contributed by atoms with Crippen LogP contribution in [0.5, 0.6) is 0 Å². The van der Waals surface area contributed by atoms with Crippen molar-refractivity contribution in [1.82, 2.24) is 0 Å². The van der Waals surface area contributed by atoms with Gasteiger partial charge in [-0.05, 0) is 0 Å². The fourth-order valence-electron chi connectivity index (χ4n) is 0.429. The summed E-state index contributed by atoms with van der Waals surface area (Å²) in [6.45, 7) is 0.257. The van der Waals surface area contributed by atoms with Crippen molar-refractivity contribution in [2.24, 2.45) is 0 Å². The summed E-state index contributed by atoms with van der Waals surface area (Å²) in [6, 6.07) is 0. The number of aliphatic hydroxyl groups is 1. The molecule has 1 heterocycles. The minimum atomic E-state index is 0.230. The third kappa shape index (κ3) is 1.18. The minimum absolute atomic E-state index is 0.230. The van der Waals surface area contributed by atoms with Crippen LogP contribution in [-0.4, -0.2) is 27.5 Å². The molecule has 1 radical (unpaired) electrons. The SMILES string of the molecule is OCC1=CC=C[As]1. The molecular formula is C5H6AsO. The Morgan fingerprint density at radius 3 is 2.86 bits per heavy atom. The van der Waals surface area contributed by atoms with Crippen LogP contribution in [0.2, 0.25) is 0 Å². The van der Waals surface area contributed by atoms with Gasteiger partial charge in [0.25, 0.3) is 0 Å². The van der Waals surface area contributed by atoms with E-state index in [2.05, 4.69) is 4.86 Å². The molecule has 0 aromatic heterocycles. The molecule has 1 aliphatic rings. The molecule has 0 saturated heterocycles. The summed E-state index contributed by atoms with van der Waals surface area (Å²) in [5.41, 5.74) is 0. The summed E-state index contributed by atoms with van der Waals surface area (Å²) < 4.78 is 1.20. The summed E-state index contributed by atoms with van der Waals surface area (Å²) in [5, 5.41) is 8.48. The zero-order valence-electron chi connectivity index (χ0n) is 3.83. The third-order valence-corrected chi connectivity index (χ3v) is 2.76. The number of aliphatic hydroxyl groups excluding tert-OH is 1. The molecule has 7 heavy (non-hydrogen) atoms. The van der Waals surface area contributed by atoms with Crippen molar-refractivity contribution in [3.8, 4) is 0 Å². The van der Waals surface area contributed by atoms with Crippen molar-refractivity contribution in [2.45, 2.75) is 0 Å². The summed E-state index contributed by atoms with van der Waals surface area (Å²) in [5.74, 6) is 0. The van der Waals surface area contributed by atoms with E-state index in [1.165, 1.54) is 4.36 Å². The molecule has 0 spiro atoms. The van der Waals surface area contributed by atoms with E-state index in [0.717, 1.165) is 0 Å². The standard InChI is InChI=1S/C5H6AsO/c7-4-5-2-1-3-6-5/h1-3,7H,4H2. The molecule has 0 fully saturated rings. The number of hydrogen-bond acceptors (Lipinski definition) is 1. The van der Waals surface area contributed by atoms with Crippen molar-refractivity contribution in [3.63, 3.8) is 0 Å². The number of allylic oxidation sites excluding steroid dienone is 2. The van der Waals surface area contributed by atoms with Crippen LogP contribution < -0.4 is 0 Å². The molecule has 1 rings (SSSR count). The van der Waals surface area contributed by atoms with E-state index in [0.29, 0.717) is 0 Å². The van der Waals surface area contributed by atoms with Gasteiger partial charge in [-0.3, -0.25) is 0 Å². The van der Waals surface area contributed by atoms with Crippen LogP contribution in [-0.2, 0) is 0 Å². The zero-order valence-corrected chi connectivity index (χ0v) is 5.71. The van der Waals surface area contributed by atoms with Crippen LogP contribution in [0.3, 0.4) is 0 Å². The molecule has 0 aliphatic carbocycles. The normalized spacial score (nSPS) is 21.0. The predicted molar refractivity (Wildman–Crippen MR) is 30.1 cm³/mol. The van der Waals surface area contributed by atoms with Crippen LogP contribution in [0.15, 0.2) is 21.4 Å². The first-order valence-corrected chi connectivity index (χ1v) is 4.13. The molecule has 1 N–H and O–H groups in total. The first-order valence-electron chi connectivity index (χ1n) is 2.11. The monoisotopic (exact) mass is 157 g/mol. The average molecular weight is 157 g/mol. The van der Waals surface area contributed by atoms with Crippen LogP contribution in [0.4, 0.5) is 0 Å². The van der Waals surface area contributed by atoms with Gasteiger partial charge in [0, 0.05) is 0 Å². The van der Waals surface area contributed by atoms with Gasteiger partial charge < -0.3 is 0 Å². The molecule has 0 unspecified atom stereocenters. The van der Waals surface area contributed by atoms with E-state index in [1.807, 2.05) is 12.2 Å². The Labute approximate surface area is 49.4 Å². The van der Waals surface area contributed by atoms with Crippen LogP contribution >= 0.6 is 0 Å². The van der Waals surface area contributed by atoms with Crippen molar-refractivity contribution >= 4 is 15.8 Å². The molecule has 37 valence electrons. The van der Waals surface area contributed by atoms with E-state index in [1.54, 1.807) is 0 Å². The summed E-state index contributed by atoms with van der Waals surface area (Å²) in [7, 11) is 0. The van der Waals surface area contributed by atoms with Gasteiger partial charge in [-0.15, -0.1) is 0 Å². The van der Waals surface area contributed by atoms with E-state index in [4.69, 9.17) is 5.11 Å². The Morgan fingerprint density at radius 2 is 2.57 bits per heavy atom. The van der Waals surface area contributed by atoms with E-state index in [9.17, 15) is 0 Å². The Balaban J connectivity index is 2.45. The molecule has 0 saturated carbocycles. The van der Waals surface area contributed by atoms with Gasteiger partial charge >= 0.3 is 48.8 Å². The molecule has 0 bridgehead atoms. The third-order valence-electron chi connectivity index (χ3n) is 0.777. The van der Waals surface area contributed by atoms with Crippen LogP contribution in [0, 0.1) is 0 Å². The molecule has 0 aromatic carbocycles. The summed E-state index contributed by atoms with van der Waals surface area (Å²) >= 11 is 0.230. The zero-order chi connectivity index (χ0) is 5.11. The second-order valence-corrected chi connectivity index (χ2v) is 3.66. The van der Waals surface area contributed by atoms with Gasteiger partial charge in [0.15, 0.2) is 0 Å². The molecule has 0 atom stereocenters. The topological polar surface area (TPSA) is 20.2 Å². The molecule has 1 aliphatic heterocycles.